The van der Waals surface area contributed by atoms with Gasteiger partial charge >= 0.3 is 0 Å². The lowest BCUT2D eigenvalue weighted by Crippen LogP contribution is -1.96. The van der Waals surface area contributed by atoms with Gasteiger partial charge in [0.2, 0.25) is 0 Å². The van der Waals surface area contributed by atoms with Gasteiger partial charge in [-0.2, -0.15) is 12.6 Å². The average Bonchev–Trinajstić information content (AvgIpc) is 3.21. The molecule has 2 aliphatic rings. The molecule has 0 fully saturated rings. The molecule has 1 aliphatic carbocycles. The second kappa shape index (κ2) is 7.56. The molecule has 30 heavy (non-hydrogen) atoms. The molecule has 1 unspecified atom stereocenters. The highest BCUT2D eigenvalue weighted by Gasteiger charge is 2.28. The molecule has 2 heteroatoms. The van der Waals surface area contributed by atoms with Gasteiger partial charge in [-0.15, -0.1) is 0 Å². The first-order valence-corrected chi connectivity index (χ1v) is 13.2. The van der Waals surface area contributed by atoms with Crippen LogP contribution in [-0.4, -0.2) is 5.75 Å². The van der Waals surface area contributed by atoms with Gasteiger partial charge in [0, 0.05) is 0 Å². The van der Waals surface area contributed by atoms with Gasteiger partial charge in [-0.3, -0.25) is 0 Å². The third-order valence-corrected chi connectivity index (χ3v) is 9.99. The fourth-order valence-electron chi connectivity index (χ4n) is 5.32. The Morgan fingerprint density at radius 3 is 1.83 bits per heavy atom. The number of thiol groups is 1. The van der Waals surface area contributed by atoms with E-state index in [0.29, 0.717) is 0 Å². The number of benzene rings is 4. The summed E-state index contributed by atoms with van der Waals surface area (Å²) in [6.45, 7) is 0. The Kier molecular flexibility index (Phi) is 4.70. The van der Waals surface area contributed by atoms with E-state index in [1.54, 1.807) is 5.31 Å². The van der Waals surface area contributed by atoms with Gasteiger partial charge in [0.1, 0.15) is 0 Å². The highest BCUT2D eigenvalue weighted by atomic mass is 32.1. The first-order valence-electron chi connectivity index (χ1n) is 10.9. The Morgan fingerprint density at radius 1 is 0.733 bits per heavy atom. The summed E-state index contributed by atoms with van der Waals surface area (Å²) < 4.78 is 0. The molecule has 4 aromatic rings. The number of fused-ring (bicyclic) bond motifs is 7. The summed E-state index contributed by atoms with van der Waals surface area (Å²) >= 11 is 4.59. The summed E-state index contributed by atoms with van der Waals surface area (Å²) in [5.74, 6) is 1.74. The zero-order valence-electron chi connectivity index (χ0n) is 17.0. The smallest absolute Gasteiger partial charge is 0.00266 e. The van der Waals surface area contributed by atoms with Crippen molar-refractivity contribution in [3.8, 4) is 11.1 Å². The van der Waals surface area contributed by atoms with E-state index in [2.05, 4.69) is 91.5 Å². The summed E-state index contributed by atoms with van der Waals surface area (Å²) in [5.41, 5.74) is 6.03. The van der Waals surface area contributed by atoms with Crippen LogP contribution < -0.4 is 0 Å². The van der Waals surface area contributed by atoms with E-state index < -0.39 is 0 Å². The van der Waals surface area contributed by atoms with Gasteiger partial charge in [-0.1, -0.05) is 86.8 Å². The second-order valence-corrected chi connectivity index (χ2v) is 11.3. The van der Waals surface area contributed by atoms with Crippen LogP contribution in [0, 0.1) is 5.92 Å². The third kappa shape index (κ3) is 3.03. The molecular formula is C28H25PS. The highest BCUT2D eigenvalue weighted by molar-refractivity contribution is 7.80. The van der Waals surface area contributed by atoms with E-state index in [4.69, 9.17) is 0 Å². The molecule has 0 aromatic heterocycles. The topological polar surface area (TPSA) is 0 Å². The molecule has 1 atom stereocenters. The largest absolute Gasteiger partial charge is 0.179 e. The third-order valence-electron chi connectivity index (χ3n) is 6.85. The number of rotatable bonds is 2. The molecule has 1 heterocycles. The van der Waals surface area contributed by atoms with Gasteiger partial charge < -0.3 is 0 Å². The van der Waals surface area contributed by atoms with Crippen molar-refractivity contribution in [1.82, 2.24) is 0 Å². The number of hydrogen-bond donors (Lipinski definition) is 1. The highest BCUT2D eigenvalue weighted by Crippen LogP contribution is 2.60. The van der Waals surface area contributed by atoms with Crippen molar-refractivity contribution in [2.45, 2.75) is 25.2 Å². The van der Waals surface area contributed by atoms with E-state index >= 15 is 0 Å². The van der Waals surface area contributed by atoms with Crippen molar-refractivity contribution in [3.63, 3.8) is 0 Å². The van der Waals surface area contributed by atoms with Crippen LogP contribution in [0.15, 0.2) is 84.2 Å². The van der Waals surface area contributed by atoms with Crippen LogP contribution in [0.5, 0.6) is 0 Å². The van der Waals surface area contributed by atoms with Crippen LogP contribution in [0.4, 0.5) is 0 Å². The predicted octanol–water partition coefficient (Wildman–Crippen LogP) is 8.38. The molecule has 0 nitrogen and oxygen atoms in total. The average molecular weight is 425 g/mol. The lowest BCUT2D eigenvalue weighted by molar-refractivity contribution is 0.648. The first kappa shape index (κ1) is 18.7. The Balaban J connectivity index is 1.62. The molecule has 0 saturated heterocycles. The van der Waals surface area contributed by atoms with Crippen LogP contribution in [0.2, 0.25) is 0 Å². The fourth-order valence-corrected chi connectivity index (χ4v) is 8.35. The molecular weight excluding hydrogens is 399 g/mol. The van der Waals surface area contributed by atoms with Crippen LogP contribution >= 0.6 is 20.6 Å². The maximum atomic E-state index is 4.59. The van der Waals surface area contributed by atoms with Crippen molar-refractivity contribution >= 4 is 42.1 Å². The minimum Gasteiger partial charge on any atom is -0.179 e. The molecule has 6 rings (SSSR count). The van der Waals surface area contributed by atoms with Crippen molar-refractivity contribution in [1.29, 1.82) is 0 Å². The maximum absolute atomic E-state index is 4.59. The predicted molar refractivity (Wildman–Crippen MR) is 136 cm³/mol. The van der Waals surface area contributed by atoms with E-state index in [1.165, 1.54) is 69.0 Å². The fraction of sp³-hybridized carbons (Fsp3) is 0.214. The molecule has 0 bridgehead atoms. The zero-order chi connectivity index (χ0) is 20.1. The van der Waals surface area contributed by atoms with E-state index in [9.17, 15) is 0 Å². The van der Waals surface area contributed by atoms with Gasteiger partial charge in [-0.05, 0) is 85.9 Å². The van der Waals surface area contributed by atoms with Gasteiger partial charge in [0.05, 0.1) is 0 Å². The minimum absolute atomic E-state index is 0.189. The normalized spacial score (nSPS) is 18.8. The van der Waals surface area contributed by atoms with Crippen LogP contribution in [-0.2, 0) is 12.3 Å². The summed E-state index contributed by atoms with van der Waals surface area (Å²) in [4.78, 5) is 0. The van der Waals surface area contributed by atoms with E-state index in [0.717, 1.165) is 11.7 Å². The SMILES string of the molecule is SCC1CC=C(P2Cc3ccc4ccccc4c3-c3c(ccc4ccccc34)C2)C1. The number of hydrogen-bond acceptors (Lipinski definition) is 1. The molecule has 4 aromatic carbocycles. The molecule has 0 spiro atoms. The van der Waals surface area contributed by atoms with Crippen LogP contribution in [0.3, 0.4) is 0 Å². The summed E-state index contributed by atoms with van der Waals surface area (Å²) in [6.07, 6.45) is 7.42. The van der Waals surface area contributed by atoms with Crippen molar-refractivity contribution in [2.24, 2.45) is 5.92 Å². The Labute approximate surface area is 185 Å². The zero-order valence-corrected chi connectivity index (χ0v) is 18.8. The Morgan fingerprint density at radius 2 is 1.30 bits per heavy atom. The molecule has 148 valence electrons. The quantitative estimate of drug-likeness (QED) is 0.242. The summed E-state index contributed by atoms with van der Waals surface area (Å²) in [7, 11) is -0.189. The first-order chi connectivity index (χ1) is 14.8. The monoisotopic (exact) mass is 424 g/mol. The maximum Gasteiger partial charge on any atom is -0.00266 e. The minimum atomic E-state index is -0.189. The lowest BCUT2D eigenvalue weighted by atomic mass is 9.88. The van der Waals surface area contributed by atoms with E-state index in [-0.39, 0.29) is 7.92 Å². The van der Waals surface area contributed by atoms with Gasteiger partial charge in [0.25, 0.3) is 0 Å². The Hall–Kier alpha value is -2.08. The van der Waals surface area contributed by atoms with Crippen LogP contribution in [0.1, 0.15) is 24.0 Å². The molecule has 0 radical (unpaired) electrons. The second-order valence-electron chi connectivity index (χ2n) is 8.68. The summed E-state index contributed by atoms with van der Waals surface area (Å²) in [6, 6.07) is 27.3. The van der Waals surface area contributed by atoms with Crippen molar-refractivity contribution < 1.29 is 0 Å². The lowest BCUT2D eigenvalue weighted by Gasteiger charge is -2.19. The van der Waals surface area contributed by atoms with Crippen molar-refractivity contribution in [2.75, 3.05) is 5.75 Å². The van der Waals surface area contributed by atoms with Gasteiger partial charge in [-0.25, -0.2) is 0 Å². The van der Waals surface area contributed by atoms with Crippen molar-refractivity contribution in [3.05, 3.63) is 95.3 Å². The molecule has 1 aliphatic heterocycles. The molecule has 0 N–H and O–H groups in total. The molecule has 0 amide bonds. The van der Waals surface area contributed by atoms with E-state index in [1.807, 2.05) is 0 Å². The number of allylic oxidation sites excluding steroid dienone is 2. The standard InChI is InChI=1S/C28H25PS/c30-18-19-9-14-24(15-19)29-16-22-12-10-20-5-1-3-7-25(20)27(22)28-23(17-29)13-11-21-6-2-4-8-26(21)28/h1-8,10-14,19,30H,9,15-18H2. The van der Waals surface area contributed by atoms with Crippen LogP contribution in [0.25, 0.3) is 32.7 Å². The summed E-state index contributed by atoms with van der Waals surface area (Å²) in [5, 5.41) is 7.22. The molecule has 0 saturated carbocycles. The van der Waals surface area contributed by atoms with Gasteiger partial charge in [0.15, 0.2) is 0 Å². The Bertz CT molecular complexity index is 1220.